The Morgan fingerprint density at radius 1 is 1.35 bits per heavy atom. The Kier molecular flexibility index (Phi) is 5.12. The molecule has 1 heterocycles. The minimum absolute atomic E-state index is 0.0734. The molecule has 1 fully saturated rings. The molecule has 1 aliphatic carbocycles. The number of halogens is 1. The first-order valence-corrected chi connectivity index (χ1v) is 10.7. The predicted octanol–water partition coefficient (Wildman–Crippen LogP) is 3.86. The number of sulfonamides is 1. The van der Waals surface area contributed by atoms with Crippen molar-refractivity contribution >= 4 is 33.1 Å². The summed E-state index contributed by atoms with van der Waals surface area (Å²) in [5.41, 5.74) is 0.932. The highest BCUT2D eigenvalue weighted by molar-refractivity contribution is 7.92. The van der Waals surface area contributed by atoms with Crippen molar-refractivity contribution in [3.63, 3.8) is 0 Å². The third-order valence-corrected chi connectivity index (χ3v) is 5.58. The molecule has 0 amide bonds. The van der Waals surface area contributed by atoms with E-state index in [0.29, 0.717) is 16.3 Å². The number of carbonyl (C=O) groups is 1. The summed E-state index contributed by atoms with van der Waals surface area (Å²) in [6.45, 7) is 4.07. The molecule has 6 nitrogen and oxygen atoms in total. The van der Waals surface area contributed by atoms with Gasteiger partial charge in [-0.1, -0.05) is 30.6 Å². The van der Waals surface area contributed by atoms with Gasteiger partial charge < -0.3 is 4.52 Å². The molecule has 0 N–H and O–H groups in total. The number of nitrogens with zero attached hydrogens (tertiary/aromatic N) is 2. The largest absolute Gasteiger partial charge is 0.360 e. The maximum absolute atomic E-state index is 13.1. The van der Waals surface area contributed by atoms with E-state index in [4.69, 9.17) is 16.1 Å². The predicted molar refractivity (Wildman–Crippen MR) is 100 cm³/mol. The lowest BCUT2D eigenvalue weighted by Gasteiger charge is -2.26. The van der Waals surface area contributed by atoms with Crippen LogP contribution >= 0.6 is 11.6 Å². The Morgan fingerprint density at radius 2 is 2.04 bits per heavy atom. The number of hydrogen-bond acceptors (Lipinski definition) is 5. The van der Waals surface area contributed by atoms with Crippen LogP contribution in [0.3, 0.4) is 0 Å². The van der Waals surface area contributed by atoms with Gasteiger partial charge >= 0.3 is 0 Å². The molecule has 0 aliphatic heterocycles. The molecule has 26 heavy (non-hydrogen) atoms. The van der Waals surface area contributed by atoms with Crippen LogP contribution in [0.2, 0.25) is 5.02 Å². The molecule has 1 saturated carbocycles. The Morgan fingerprint density at radius 3 is 2.62 bits per heavy atom. The minimum Gasteiger partial charge on any atom is -0.360 e. The first-order valence-electron chi connectivity index (χ1n) is 8.45. The van der Waals surface area contributed by atoms with Crippen molar-refractivity contribution in [1.29, 1.82) is 0 Å². The van der Waals surface area contributed by atoms with Crippen LogP contribution in [0.5, 0.6) is 0 Å². The van der Waals surface area contributed by atoms with Crippen molar-refractivity contribution in [2.45, 2.75) is 32.6 Å². The molecule has 3 rings (SSSR count). The topological polar surface area (TPSA) is 80.5 Å². The van der Waals surface area contributed by atoms with Gasteiger partial charge in [0.15, 0.2) is 11.5 Å². The summed E-state index contributed by atoms with van der Waals surface area (Å²) in [5.74, 6) is 0.557. The number of anilines is 1. The van der Waals surface area contributed by atoms with E-state index in [1.807, 2.05) is 13.8 Å². The number of rotatable bonds is 7. The number of hydrogen-bond donors (Lipinski definition) is 0. The summed E-state index contributed by atoms with van der Waals surface area (Å²) >= 11 is 6.11. The van der Waals surface area contributed by atoms with Gasteiger partial charge in [0.25, 0.3) is 0 Å². The smallest absolute Gasteiger partial charge is 0.232 e. The van der Waals surface area contributed by atoms with Crippen LogP contribution in [-0.4, -0.2) is 32.2 Å². The van der Waals surface area contributed by atoms with Crippen molar-refractivity contribution in [1.82, 2.24) is 5.16 Å². The fourth-order valence-electron chi connectivity index (χ4n) is 2.85. The quantitative estimate of drug-likeness (QED) is 0.664. The maximum atomic E-state index is 13.1. The Hall–Kier alpha value is -1.86. The van der Waals surface area contributed by atoms with E-state index in [9.17, 15) is 13.2 Å². The van der Waals surface area contributed by atoms with Gasteiger partial charge in [-0.2, -0.15) is 0 Å². The monoisotopic (exact) mass is 396 g/mol. The fraction of sp³-hybridized carbons (Fsp3) is 0.444. The zero-order chi connectivity index (χ0) is 19.1. The lowest BCUT2D eigenvalue weighted by atomic mass is 10.0. The zero-order valence-corrected chi connectivity index (χ0v) is 16.5. The van der Waals surface area contributed by atoms with Crippen molar-refractivity contribution < 1.29 is 17.7 Å². The summed E-state index contributed by atoms with van der Waals surface area (Å²) in [5, 5.41) is 4.13. The normalized spacial score (nSPS) is 14.7. The Bertz CT molecular complexity index is 932. The van der Waals surface area contributed by atoms with E-state index in [2.05, 4.69) is 5.16 Å². The van der Waals surface area contributed by atoms with Gasteiger partial charge in [0.1, 0.15) is 0 Å². The SMILES string of the molecule is CC(C)CN(c1cc(Cl)ccc1C(=O)c1cnoc1C1CC1)S(C)(=O)=O. The van der Waals surface area contributed by atoms with E-state index in [1.54, 1.807) is 12.1 Å². The molecule has 0 bridgehead atoms. The van der Waals surface area contributed by atoms with Gasteiger partial charge in [-0.3, -0.25) is 9.10 Å². The molecule has 8 heteroatoms. The summed E-state index contributed by atoms with van der Waals surface area (Å²) in [6, 6.07) is 4.66. The highest BCUT2D eigenvalue weighted by Gasteiger charge is 2.34. The molecule has 1 aliphatic rings. The van der Waals surface area contributed by atoms with Crippen LogP contribution in [0, 0.1) is 5.92 Å². The second kappa shape index (κ2) is 7.04. The van der Waals surface area contributed by atoms with Crippen LogP contribution in [0.4, 0.5) is 5.69 Å². The highest BCUT2D eigenvalue weighted by Crippen LogP contribution is 2.42. The second-order valence-corrected chi connectivity index (χ2v) is 9.40. The third-order valence-electron chi connectivity index (χ3n) is 4.20. The summed E-state index contributed by atoms with van der Waals surface area (Å²) in [6.07, 6.45) is 4.46. The summed E-state index contributed by atoms with van der Waals surface area (Å²) in [7, 11) is -3.59. The minimum atomic E-state index is -3.59. The van der Waals surface area contributed by atoms with E-state index >= 15 is 0 Å². The van der Waals surface area contributed by atoms with Gasteiger partial charge in [0.05, 0.1) is 23.7 Å². The average Bonchev–Trinajstić information content (AvgIpc) is 3.27. The molecule has 1 aromatic heterocycles. The van der Waals surface area contributed by atoms with Gasteiger partial charge in [-0.15, -0.1) is 0 Å². The van der Waals surface area contributed by atoms with Gasteiger partial charge in [0, 0.05) is 23.0 Å². The maximum Gasteiger partial charge on any atom is 0.232 e. The van der Waals surface area contributed by atoms with Crippen molar-refractivity contribution in [3.8, 4) is 0 Å². The average molecular weight is 397 g/mol. The van der Waals surface area contributed by atoms with Crippen LogP contribution in [0.15, 0.2) is 28.9 Å². The molecule has 0 radical (unpaired) electrons. The van der Waals surface area contributed by atoms with E-state index in [0.717, 1.165) is 19.1 Å². The van der Waals surface area contributed by atoms with Crippen LogP contribution < -0.4 is 4.31 Å². The zero-order valence-electron chi connectivity index (χ0n) is 14.9. The molecule has 140 valence electrons. The third kappa shape index (κ3) is 3.94. The summed E-state index contributed by atoms with van der Waals surface area (Å²) < 4.78 is 31.2. The van der Waals surface area contributed by atoms with Crippen molar-refractivity contribution in [2.75, 3.05) is 17.1 Å². The molecule has 0 saturated heterocycles. The van der Waals surface area contributed by atoms with Gasteiger partial charge in [0.2, 0.25) is 10.0 Å². The fourth-order valence-corrected chi connectivity index (χ4v) is 4.10. The highest BCUT2D eigenvalue weighted by atomic mass is 35.5. The second-order valence-electron chi connectivity index (χ2n) is 7.06. The molecule has 0 atom stereocenters. The summed E-state index contributed by atoms with van der Waals surface area (Å²) in [4.78, 5) is 13.1. The lowest BCUT2D eigenvalue weighted by molar-refractivity contribution is 0.103. The van der Waals surface area contributed by atoms with Crippen LogP contribution in [0.25, 0.3) is 0 Å². The van der Waals surface area contributed by atoms with Crippen molar-refractivity contribution in [2.24, 2.45) is 5.92 Å². The molecule has 0 unspecified atom stereocenters. The number of benzene rings is 1. The molecular formula is C18H21ClN2O4S. The number of aromatic nitrogens is 1. The molecule has 0 spiro atoms. The van der Waals surface area contributed by atoms with Crippen LogP contribution in [0.1, 0.15) is 54.3 Å². The van der Waals surface area contributed by atoms with E-state index in [1.165, 1.54) is 16.6 Å². The van der Waals surface area contributed by atoms with E-state index < -0.39 is 10.0 Å². The van der Waals surface area contributed by atoms with Gasteiger partial charge in [-0.05, 0) is 37.0 Å². The van der Waals surface area contributed by atoms with Crippen molar-refractivity contribution in [3.05, 3.63) is 46.3 Å². The molecular weight excluding hydrogens is 376 g/mol. The van der Waals surface area contributed by atoms with E-state index in [-0.39, 0.29) is 35.4 Å². The Balaban J connectivity index is 2.10. The standard InChI is InChI=1S/C18H21ClN2O4S/c1-11(2)10-21(26(3,23)24)16-8-13(19)6-7-14(16)17(22)15-9-20-25-18(15)12-4-5-12/h6-9,11-12H,4-5,10H2,1-3H3. The lowest BCUT2D eigenvalue weighted by Crippen LogP contribution is -2.34. The first kappa shape index (κ1) is 18.9. The molecule has 1 aromatic carbocycles. The number of ketones is 1. The number of carbonyl (C=O) groups excluding carboxylic acids is 1. The Labute approximate surface area is 158 Å². The van der Waals surface area contributed by atoms with Gasteiger partial charge in [-0.25, -0.2) is 8.42 Å². The first-order chi connectivity index (χ1) is 12.2. The van der Waals surface area contributed by atoms with Crippen LogP contribution in [-0.2, 0) is 10.0 Å². The molecule has 2 aromatic rings.